The van der Waals surface area contributed by atoms with E-state index in [0.717, 1.165) is 30.9 Å². The molecule has 1 unspecified atom stereocenters. The van der Waals surface area contributed by atoms with Crippen LogP contribution in [0.1, 0.15) is 90.9 Å². The molecule has 1 atom stereocenters. The summed E-state index contributed by atoms with van der Waals surface area (Å²) in [4.78, 5) is 0. The molecular weight excluding hydrogens is 334 g/mol. The minimum Gasteiger partial charge on any atom is -0.381 e. The van der Waals surface area contributed by atoms with E-state index in [1.165, 1.54) is 77.0 Å². The summed E-state index contributed by atoms with van der Waals surface area (Å²) in [6, 6.07) is 0.291. The first-order valence-corrected chi connectivity index (χ1v) is 11.7. The summed E-state index contributed by atoms with van der Waals surface area (Å²) >= 11 is 0. The van der Waals surface area contributed by atoms with E-state index in [-0.39, 0.29) is 0 Å². The van der Waals surface area contributed by atoms with Crippen LogP contribution < -0.4 is 0 Å². The molecule has 0 aliphatic rings. The summed E-state index contributed by atoms with van der Waals surface area (Å²) in [5.41, 5.74) is 0. The molecule has 0 rings (SSSR count). The minimum atomic E-state index is 0.291. The van der Waals surface area contributed by atoms with Gasteiger partial charge in [0.15, 0.2) is 0 Å². The van der Waals surface area contributed by atoms with Crippen molar-refractivity contribution < 1.29 is 14.0 Å². The standard InChI is InChI=1S/C24H51NO2/c1-7-9-11-13-15-17-19-26-21-24(23(3)25(4,5)6)22-27-20-18-16-14-12-10-8-2/h23-24H,3,7-22H2,1-2,4-6H3/q+1. The van der Waals surface area contributed by atoms with Gasteiger partial charge in [-0.1, -0.05) is 78.1 Å². The molecule has 0 aromatic heterocycles. The Balaban J connectivity index is 3.95. The van der Waals surface area contributed by atoms with Crippen LogP contribution in [0.3, 0.4) is 0 Å². The van der Waals surface area contributed by atoms with Crippen LogP contribution in [0.4, 0.5) is 0 Å². The molecule has 0 amide bonds. The average molecular weight is 386 g/mol. The summed E-state index contributed by atoms with van der Waals surface area (Å²) in [7, 11) is 6.64. The molecule has 3 heteroatoms. The van der Waals surface area contributed by atoms with Crippen LogP contribution in [0.2, 0.25) is 0 Å². The number of quaternary nitrogens is 1. The molecule has 0 saturated heterocycles. The first kappa shape index (κ1) is 26.9. The Hall–Kier alpha value is -0.120. The van der Waals surface area contributed by atoms with Gasteiger partial charge in [-0.15, -0.1) is 0 Å². The van der Waals surface area contributed by atoms with E-state index < -0.39 is 0 Å². The van der Waals surface area contributed by atoms with Crippen molar-refractivity contribution in [2.24, 2.45) is 5.92 Å². The maximum Gasteiger partial charge on any atom is 0.0959 e. The Labute approximate surface area is 171 Å². The molecular formula is C24H51NO2+. The third kappa shape index (κ3) is 16.5. The van der Waals surface area contributed by atoms with Crippen LogP contribution in [-0.2, 0) is 9.47 Å². The molecule has 3 nitrogen and oxygen atoms in total. The first-order chi connectivity index (χ1) is 12.9. The van der Waals surface area contributed by atoms with Crippen LogP contribution in [0.5, 0.6) is 0 Å². The van der Waals surface area contributed by atoms with Crippen molar-refractivity contribution in [3.05, 3.63) is 6.92 Å². The van der Waals surface area contributed by atoms with Crippen molar-refractivity contribution in [1.29, 1.82) is 0 Å². The Bertz CT molecular complexity index is 281. The largest absolute Gasteiger partial charge is 0.381 e. The third-order valence-electron chi connectivity index (χ3n) is 5.49. The molecule has 163 valence electrons. The molecule has 0 bridgehead atoms. The zero-order valence-electron chi connectivity index (χ0n) is 19.4. The highest BCUT2D eigenvalue weighted by Gasteiger charge is 2.29. The smallest absolute Gasteiger partial charge is 0.0959 e. The molecule has 27 heavy (non-hydrogen) atoms. The van der Waals surface area contributed by atoms with E-state index in [4.69, 9.17) is 9.47 Å². The molecule has 0 aromatic carbocycles. The molecule has 0 aromatic rings. The SMILES string of the molecule is [CH2]C(C(COCCCCCCCC)COCCCCCCCC)[N+](C)(C)C. The summed E-state index contributed by atoms with van der Waals surface area (Å²) < 4.78 is 12.9. The molecule has 0 N–H and O–H groups in total. The highest BCUT2D eigenvalue weighted by atomic mass is 16.5. The predicted octanol–water partition coefficient (Wildman–Crippen LogP) is 6.27. The topological polar surface area (TPSA) is 18.5 Å². The van der Waals surface area contributed by atoms with Gasteiger partial charge in [0.2, 0.25) is 0 Å². The molecule has 0 heterocycles. The highest BCUT2D eigenvalue weighted by Crippen LogP contribution is 2.16. The molecule has 0 aliphatic carbocycles. The van der Waals surface area contributed by atoms with Crippen LogP contribution >= 0.6 is 0 Å². The first-order valence-electron chi connectivity index (χ1n) is 11.7. The van der Waals surface area contributed by atoms with Gasteiger partial charge in [0.25, 0.3) is 0 Å². The normalized spacial score (nSPS) is 13.4. The van der Waals surface area contributed by atoms with Gasteiger partial charge in [-0.25, -0.2) is 0 Å². The molecule has 0 saturated carbocycles. The van der Waals surface area contributed by atoms with Crippen LogP contribution in [0.15, 0.2) is 0 Å². The van der Waals surface area contributed by atoms with Crippen LogP contribution in [0.25, 0.3) is 0 Å². The fourth-order valence-corrected chi connectivity index (χ4v) is 3.34. The van der Waals surface area contributed by atoms with Gasteiger partial charge in [0.1, 0.15) is 0 Å². The summed E-state index contributed by atoms with van der Waals surface area (Å²) in [5.74, 6) is 0.366. The second-order valence-corrected chi connectivity index (χ2v) is 9.13. The minimum absolute atomic E-state index is 0.291. The van der Waals surface area contributed by atoms with E-state index in [9.17, 15) is 0 Å². The van der Waals surface area contributed by atoms with E-state index in [2.05, 4.69) is 41.9 Å². The maximum absolute atomic E-state index is 6.01. The van der Waals surface area contributed by atoms with Crippen molar-refractivity contribution in [3.8, 4) is 0 Å². The van der Waals surface area contributed by atoms with E-state index in [0.29, 0.717) is 12.0 Å². The molecule has 0 aliphatic heterocycles. The van der Waals surface area contributed by atoms with Gasteiger partial charge < -0.3 is 14.0 Å². The second kappa shape index (κ2) is 17.9. The fraction of sp³-hybridized carbons (Fsp3) is 0.958. The van der Waals surface area contributed by atoms with Crippen molar-refractivity contribution in [2.75, 3.05) is 47.6 Å². The lowest BCUT2D eigenvalue weighted by Crippen LogP contribution is -2.50. The van der Waals surface area contributed by atoms with Gasteiger partial charge in [-0.2, -0.15) is 0 Å². The number of ether oxygens (including phenoxy) is 2. The summed E-state index contributed by atoms with van der Waals surface area (Å²) in [5, 5.41) is 0. The Morgan fingerprint density at radius 2 is 1.00 bits per heavy atom. The maximum atomic E-state index is 6.01. The Morgan fingerprint density at radius 3 is 1.37 bits per heavy atom. The predicted molar refractivity (Wildman–Crippen MR) is 119 cm³/mol. The number of hydrogen-bond donors (Lipinski definition) is 0. The number of rotatable bonds is 20. The van der Waals surface area contributed by atoms with Crippen LogP contribution in [0, 0.1) is 12.8 Å². The quantitative estimate of drug-likeness (QED) is 0.182. The summed E-state index contributed by atoms with van der Waals surface area (Å²) in [6.45, 7) is 12.3. The highest BCUT2D eigenvalue weighted by molar-refractivity contribution is 4.72. The zero-order chi connectivity index (χ0) is 20.4. The number of unbranched alkanes of at least 4 members (excludes halogenated alkanes) is 10. The molecule has 1 radical (unpaired) electrons. The Kier molecular flexibility index (Phi) is 17.9. The van der Waals surface area contributed by atoms with E-state index in [1.54, 1.807) is 0 Å². The Morgan fingerprint density at radius 1 is 0.630 bits per heavy atom. The van der Waals surface area contributed by atoms with Gasteiger partial charge in [0.05, 0.1) is 46.3 Å². The van der Waals surface area contributed by atoms with Gasteiger partial charge >= 0.3 is 0 Å². The van der Waals surface area contributed by atoms with Gasteiger partial charge in [0, 0.05) is 20.1 Å². The second-order valence-electron chi connectivity index (χ2n) is 9.13. The summed E-state index contributed by atoms with van der Waals surface area (Å²) in [6.07, 6.45) is 15.7. The average Bonchev–Trinajstić information content (AvgIpc) is 2.63. The van der Waals surface area contributed by atoms with Gasteiger partial charge in [-0.05, 0) is 12.8 Å². The van der Waals surface area contributed by atoms with Crippen LogP contribution in [-0.4, -0.2) is 58.1 Å². The van der Waals surface area contributed by atoms with E-state index >= 15 is 0 Å². The third-order valence-corrected chi connectivity index (χ3v) is 5.49. The lowest BCUT2D eigenvalue weighted by Gasteiger charge is -2.36. The van der Waals surface area contributed by atoms with Crippen molar-refractivity contribution in [1.82, 2.24) is 0 Å². The van der Waals surface area contributed by atoms with Crippen molar-refractivity contribution >= 4 is 0 Å². The lowest BCUT2D eigenvalue weighted by molar-refractivity contribution is -0.894. The van der Waals surface area contributed by atoms with E-state index in [1.807, 2.05) is 0 Å². The van der Waals surface area contributed by atoms with Gasteiger partial charge in [-0.3, -0.25) is 0 Å². The number of nitrogens with zero attached hydrogens (tertiary/aromatic N) is 1. The zero-order valence-corrected chi connectivity index (χ0v) is 19.4. The molecule has 0 spiro atoms. The van der Waals surface area contributed by atoms with Crippen molar-refractivity contribution in [2.45, 2.75) is 96.9 Å². The molecule has 0 fully saturated rings. The lowest BCUT2D eigenvalue weighted by atomic mass is 10.0. The van der Waals surface area contributed by atoms with Crippen molar-refractivity contribution in [3.63, 3.8) is 0 Å². The fourth-order valence-electron chi connectivity index (χ4n) is 3.34. The number of hydrogen-bond acceptors (Lipinski definition) is 2. The monoisotopic (exact) mass is 385 g/mol.